The van der Waals surface area contributed by atoms with Gasteiger partial charge >= 0.3 is 0 Å². The van der Waals surface area contributed by atoms with Crippen molar-refractivity contribution in [1.29, 1.82) is 0 Å². The number of amides is 1. The van der Waals surface area contributed by atoms with Crippen LogP contribution in [0, 0.1) is 0 Å². The fourth-order valence-corrected chi connectivity index (χ4v) is 3.60. The first-order valence-electron chi connectivity index (χ1n) is 9.13. The maximum atomic E-state index is 12.5. The molecule has 1 aliphatic rings. The summed E-state index contributed by atoms with van der Waals surface area (Å²) in [6, 6.07) is 16.5. The molecule has 2 heterocycles. The first-order valence-corrected chi connectivity index (χ1v) is 10.3. The summed E-state index contributed by atoms with van der Waals surface area (Å²) in [5.74, 6) is 0.588. The lowest BCUT2D eigenvalue weighted by molar-refractivity contribution is 0.102. The maximum Gasteiger partial charge on any atom is 0.257 e. The third-order valence-corrected chi connectivity index (χ3v) is 5.42. The SMILES string of the molecule is O=C(Nc1ccc(-c2ccc(N3CCOCC3)nn2)cc1)c1cc(Br)ccc1Cl. The zero-order valence-electron chi connectivity index (χ0n) is 15.4. The van der Waals surface area contributed by atoms with Crippen LogP contribution in [0.5, 0.6) is 0 Å². The van der Waals surface area contributed by atoms with E-state index < -0.39 is 0 Å². The van der Waals surface area contributed by atoms with E-state index in [1.165, 1.54) is 0 Å². The summed E-state index contributed by atoms with van der Waals surface area (Å²) in [5.41, 5.74) is 2.78. The summed E-state index contributed by atoms with van der Waals surface area (Å²) >= 11 is 9.48. The summed E-state index contributed by atoms with van der Waals surface area (Å²) in [6.07, 6.45) is 0. The number of nitrogens with one attached hydrogen (secondary N) is 1. The predicted octanol–water partition coefficient (Wildman–Crippen LogP) is 4.65. The highest BCUT2D eigenvalue weighted by Gasteiger charge is 2.14. The number of rotatable bonds is 4. The van der Waals surface area contributed by atoms with Crippen LogP contribution in [0.15, 0.2) is 59.1 Å². The molecule has 0 saturated carbocycles. The van der Waals surface area contributed by atoms with E-state index in [0.717, 1.165) is 34.6 Å². The molecule has 148 valence electrons. The number of nitrogens with zero attached hydrogens (tertiary/aromatic N) is 3. The molecular weight excluding hydrogens is 456 g/mol. The smallest absolute Gasteiger partial charge is 0.257 e. The molecule has 29 heavy (non-hydrogen) atoms. The Hall–Kier alpha value is -2.48. The Labute approximate surface area is 182 Å². The van der Waals surface area contributed by atoms with Crippen molar-refractivity contribution in [2.24, 2.45) is 0 Å². The average molecular weight is 474 g/mol. The van der Waals surface area contributed by atoms with E-state index in [-0.39, 0.29) is 5.91 Å². The quantitative estimate of drug-likeness (QED) is 0.597. The molecule has 1 aliphatic heterocycles. The van der Waals surface area contributed by atoms with Crippen molar-refractivity contribution in [1.82, 2.24) is 10.2 Å². The number of anilines is 2. The summed E-state index contributed by atoms with van der Waals surface area (Å²) in [4.78, 5) is 14.6. The number of morpholine rings is 1. The number of carbonyl (C=O) groups excluding carboxylic acids is 1. The summed E-state index contributed by atoms with van der Waals surface area (Å²) in [6.45, 7) is 3.07. The fraction of sp³-hybridized carbons (Fsp3) is 0.190. The van der Waals surface area contributed by atoms with Crippen LogP contribution in [0.2, 0.25) is 5.02 Å². The molecule has 1 N–H and O–H groups in total. The number of hydrogen-bond donors (Lipinski definition) is 1. The molecule has 2 aromatic carbocycles. The first-order chi connectivity index (χ1) is 14.1. The van der Waals surface area contributed by atoms with Crippen LogP contribution in [0.25, 0.3) is 11.3 Å². The molecule has 1 aromatic heterocycles. The van der Waals surface area contributed by atoms with E-state index in [0.29, 0.717) is 29.5 Å². The van der Waals surface area contributed by atoms with Gasteiger partial charge in [-0.3, -0.25) is 4.79 Å². The monoisotopic (exact) mass is 472 g/mol. The number of benzene rings is 2. The van der Waals surface area contributed by atoms with Gasteiger partial charge in [-0.15, -0.1) is 10.2 Å². The standard InChI is InChI=1S/C21H18BrClN4O2/c22-15-3-6-18(23)17(13-15)21(28)24-16-4-1-14(2-5-16)19-7-8-20(26-25-19)27-9-11-29-12-10-27/h1-8,13H,9-12H2,(H,24,28). The van der Waals surface area contributed by atoms with Crippen LogP contribution in [0.4, 0.5) is 11.5 Å². The topological polar surface area (TPSA) is 67.4 Å². The molecular formula is C21H18BrClN4O2. The Bertz CT molecular complexity index is 1010. The van der Waals surface area contributed by atoms with Gasteiger partial charge in [0.2, 0.25) is 0 Å². The maximum absolute atomic E-state index is 12.5. The summed E-state index contributed by atoms with van der Waals surface area (Å²) in [5, 5.41) is 11.9. The number of carbonyl (C=O) groups is 1. The Morgan fingerprint density at radius 2 is 1.79 bits per heavy atom. The zero-order chi connectivity index (χ0) is 20.2. The van der Waals surface area contributed by atoms with Crippen molar-refractivity contribution < 1.29 is 9.53 Å². The Morgan fingerprint density at radius 3 is 2.48 bits per heavy atom. The molecule has 4 rings (SSSR count). The molecule has 0 radical (unpaired) electrons. The molecule has 8 heteroatoms. The number of halogens is 2. The minimum Gasteiger partial charge on any atom is -0.378 e. The van der Waals surface area contributed by atoms with Crippen molar-refractivity contribution in [3.05, 3.63) is 69.7 Å². The van der Waals surface area contributed by atoms with Gasteiger partial charge in [0.1, 0.15) is 0 Å². The van der Waals surface area contributed by atoms with E-state index in [4.69, 9.17) is 16.3 Å². The molecule has 6 nitrogen and oxygen atoms in total. The second-order valence-corrected chi connectivity index (χ2v) is 7.85. The molecule has 0 spiro atoms. The van der Waals surface area contributed by atoms with Gasteiger partial charge in [-0.2, -0.15) is 0 Å². The van der Waals surface area contributed by atoms with Crippen molar-refractivity contribution >= 4 is 44.9 Å². The van der Waals surface area contributed by atoms with Crippen molar-refractivity contribution in [2.75, 3.05) is 36.5 Å². The van der Waals surface area contributed by atoms with Gasteiger partial charge in [-0.25, -0.2) is 0 Å². The van der Waals surface area contributed by atoms with Crippen LogP contribution in [-0.2, 0) is 4.74 Å². The minimum atomic E-state index is -0.265. The van der Waals surface area contributed by atoms with E-state index >= 15 is 0 Å². The molecule has 0 bridgehead atoms. The van der Waals surface area contributed by atoms with Gasteiger partial charge in [0.05, 0.1) is 29.5 Å². The second-order valence-electron chi connectivity index (χ2n) is 6.53. The van der Waals surface area contributed by atoms with Gasteiger partial charge in [-0.1, -0.05) is 39.7 Å². The van der Waals surface area contributed by atoms with Gasteiger partial charge in [-0.05, 0) is 42.5 Å². The van der Waals surface area contributed by atoms with Crippen LogP contribution in [-0.4, -0.2) is 42.4 Å². The van der Waals surface area contributed by atoms with Crippen molar-refractivity contribution in [3.63, 3.8) is 0 Å². The molecule has 0 aliphatic carbocycles. The molecule has 0 atom stereocenters. The third kappa shape index (κ3) is 4.75. The van der Waals surface area contributed by atoms with Crippen LogP contribution < -0.4 is 10.2 Å². The molecule has 3 aromatic rings. The lowest BCUT2D eigenvalue weighted by Crippen LogP contribution is -2.36. The summed E-state index contributed by atoms with van der Waals surface area (Å²) in [7, 11) is 0. The molecule has 1 fully saturated rings. The highest BCUT2D eigenvalue weighted by Crippen LogP contribution is 2.24. The van der Waals surface area contributed by atoms with E-state index in [9.17, 15) is 4.79 Å². The van der Waals surface area contributed by atoms with Gasteiger partial charge < -0.3 is 15.0 Å². The van der Waals surface area contributed by atoms with Gasteiger partial charge in [0.15, 0.2) is 5.82 Å². The van der Waals surface area contributed by atoms with Gasteiger partial charge in [0.25, 0.3) is 5.91 Å². The Balaban J connectivity index is 1.45. The predicted molar refractivity (Wildman–Crippen MR) is 118 cm³/mol. The number of ether oxygens (including phenoxy) is 1. The van der Waals surface area contributed by atoms with Crippen molar-refractivity contribution in [3.8, 4) is 11.3 Å². The minimum absolute atomic E-state index is 0.265. The van der Waals surface area contributed by atoms with Crippen molar-refractivity contribution in [2.45, 2.75) is 0 Å². The molecule has 1 amide bonds. The van der Waals surface area contributed by atoms with Crippen LogP contribution >= 0.6 is 27.5 Å². The number of hydrogen-bond acceptors (Lipinski definition) is 5. The Kier molecular flexibility index (Phi) is 6.08. The number of aromatic nitrogens is 2. The fourth-order valence-electron chi connectivity index (χ4n) is 3.03. The largest absolute Gasteiger partial charge is 0.378 e. The van der Waals surface area contributed by atoms with E-state index in [1.54, 1.807) is 18.2 Å². The van der Waals surface area contributed by atoms with Crippen LogP contribution in [0.3, 0.4) is 0 Å². The molecule has 0 unspecified atom stereocenters. The lowest BCUT2D eigenvalue weighted by atomic mass is 10.1. The lowest BCUT2D eigenvalue weighted by Gasteiger charge is -2.27. The van der Waals surface area contributed by atoms with E-state index in [2.05, 4.69) is 36.3 Å². The Morgan fingerprint density at radius 1 is 1.03 bits per heavy atom. The summed E-state index contributed by atoms with van der Waals surface area (Å²) < 4.78 is 6.16. The zero-order valence-corrected chi connectivity index (χ0v) is 17.8. The average Bonchev–Trinajstić information content (AvgIpc) is 2.77. The van der Waals surface area contributed by atoms with Gasteiger partial charge in [0, 0.05) is 28.8 Å². The highest BCUT2D eigenvalue weighted by atomic mass is 79.9. The highest BCUT2D eigenvalue weighted by molar-refractivity contribution is 9.10. The van der Waals surface area contributed by atoms with E-state index in [1.807, 2.05) is 36.4 Å². The third-order valence-electron chi connectivity index (χ3n) is 4.60. The molecule has 1 saturated heterocycles. The van der Waals surface area contributed by atoms with Crippen LogP contribution in [0.1, 0.15) is 10.4 Å². The normalized spacial score (nSPS) is 13.9. The second kappa shape index (κ2) is 8.90. The first kappa shape index (κ1) is 19.8.